The summed E-state index contributed by atoms with van der Waals surface area (Å²) in [7, 11) is 0. The standard InChI is InChI=1S/C17H13NO/c1-2-17-8-7-12-5-3-4-6-14(12)15(17)9-16-13(10-17)11-18-19-16/h1,3-6,9,11H,7-8,10H2. The van der Waals surface area contributed by atoms with E-state index in [2.05, 4.69) is 41.4 Å². The molecule has 1 aromatic heterocycles. The zero-order valence-electron chi connectivity index (χ0n) is 10.5. The summed E-state index contributed by atoms with van der Waals surface area (Å²) in [6.45, 7) is 0. The molecule has 0 bridgehead atoms. The van der Waals surface area contributed by atoms with E-state index in [1.54, 1.807) is 6.20 Å². The van der Waals surface area contributed by atoms with Crippen LogP contribution >= 0.6 is 0 Å². The van der Waals surface area contributed by atoms with Gasteiger partial charge in [-0.15, -0.1) is 6.42 Å². The van der Waals surface area contributed by atoms with E-state index in [1.165, 1.54) is 16.7 Å². The molecule has 2 nitrogen and oxygen atoms in total. The molecular formula is C17H13NO. The Hall–Kier alpha value is -2.27. The van der Waals surface area contributed by atoms with Gasteiger partial charge in [-0.05, 0) is 42.0 Å². The number of benzene rings is 1. The Bertz CT molecular complexity index is 732. The van der Waals surface area contributed by atoms with Crippen molar-refractivity contribution in [3.05, 3.63) is 52.9 Å². The Morgan fingerprint density at radius 3 is 3.05 bits per heavy atom. The van der Waals surface area contributed by atoms with E-state index in [9.17, 15) is 0 Å². The summed E-state index contributed by atoms with van der Waals surface area (Å²) in [4.78, 5) is 0. The summed E-state index contributed by atoms with van der Waals surface area (Å²) in [5.74, 6) is 3.91. The topological polar surface area (TPSA) is 26.0 Å². The van der Waals surface area contributed by atoms with Crippen molar-refractivity contribution in [1.29, 1.82) is 0 Å². The largest absolute Gasteiger partial charge is 0.357 e. The van der Waals surface area contributed by atoms with Crippen molar-refractivity contribution >= 4 is 11.6 Å². The molecule has 1 unspecified atom stereocenters. The summed E-state index contributed by atoms with van der Waals surface area (Å²) in [6, 6.07) is 8.51. The van der Waals surface area contributed by atoms with E-state index in [0.29, 0.717) is 0 Å². The average Bonchev–Trinajstić information content (AvgIpc) is 2.91. The Kier molecular flexibility index (Phi) is 2.02. The highest BCUT2D eigenvalue weighted by molar-refractivity contribution is 5.90. The molecule has 0 saturated carbocycles. The van der Waals surface area contributed by atoms with Gasteiger partial charge in [0.15, 0.2) is 5.76 Å². The molecule has 2 aliphatic rings. The fraction of sp³-hybridized carbons (Fsp3) is 0.235. The van der Waals surface area contributed by atoms with Gasteiger partial charge in [0.25, 0.3) is 0 Å². The fourth-order valence-corrected chi connectivity index (χ4v) is 3.32. The van der Waals surface area contributed by atoms with Crippen LogP contribution in [0.1, 0.15) is 28.9 Å². The fourth-order valence-electron chi connectivity index (χ4n) is 3.32. The first-order valence-electron chi connectivity index (χ1n) is 6.54. The van der Waals surface area contributed by atoms with Gasteiger partial charge in [0, 0.05) is 5.56 Å². The van der Waals surface area contributed by atoms with Crippen LogP contribution in [0.3, 0.4) is 0 Å². The van der Waals surface area contributed by atoms with Crippen LogP contribution in [-0.2, 0) is 12.8 Å². The van der Waals surface area contributed by atoms with E-state index in [-0.39, 0.29) is 5.41 Å². The summed E-state index contributed by atoms with van der Waals surface area (Å²) in [5, 5.41) is 3.89. The molecule has 19 heavy (non-hydrogen) atoms. The first-order chi connectivity index (χ1) is 9.32. The van der Waals surface area contributed by atoms with Crippen molar-refractivity contribution in [3.8, 4) is 12.3 Å². The number of nitrogens with zero attached hydrogens (tertiary/aromatic N) is 1. The quantitative estimate of drug-likeness (QED) is 0.667. The minimum absolute atomic E-state index is 0.188. The van der Waals surface area contributed by atoms with Crippen LogP contribution in [0.2, 0.25) is 0 Å². The lowest BCUT2D eigenvalue weighted by Gasteiger charge is -2.38. The molecule has 92 valence electrons. The van der Waals surface area contributed by atoms with Gasteiger partial charge in [0.2, 0.25) is 0 Å². The summed E-state index contributed by atoms with van der Waals surface area (Å²) in [6.07, 6.45) is 12.6. The Morgan fingerprint density at radius 2 is 2.16 bits per heavy atom. The predicted molar refractivity (Wildman–Crippen MR) is 74.1 cm³/mol. The highest BCUT2D eigenvalue weighted by atomic mass is 16.5. The highest BCUT2D eigenvalue weighted by Gasteiger charge is 2.41. The van der Waals surface area contributed by atoms with Gasteiger partial charge >= 0.3 is 0 Å². The van der Waals surface area contributed by atoms with Gasteiger partial charge in [0.1, 0.15) is 0 Å². The van der Waals surface area contributed by atoms with Crippen molar-refractivity contribution in [3.63, 3.8) is 0 Å². The number of terminal acetylenes is 1. The molecule has 1 aromatic carbocycles. The van der Waals surface area contributed by atoms with Crippen molar-refractivity contribution < 1.29 is 4.52 Å². The molecular weight excluding hydrogens is 234 g/mol. The number of fused-ring (bicyclic) bond motifs is 4. The molecule has 0 N–H and O–H groups in total. The molecule has 0 fully saturated rings. The minimum atomic E-state index is -0.188. The zero-order chi connectivity index (χ0) is 12.9. The van der Waals surface area contributed by atoms with Gasteiger partial charge in [-0.25, -0.2) is 0 Å². The monoisotopic (exact) mass is 247 g/mol. The normalized spacial score (nSPS) is 23.6. The molecule has 0 spiro atoms. The molecule has 2 heteroatoms. The molecule has 0 amide bonds. The second kappa shape index (κ2) is 3.61. The SMILES string of the molecule is C#CC12CCc3ccccc3C1=Cc1oncc1C2. The van der Waals surface area contributed by atoms with Crippen molar-refractivity contribution in [2.45, 2.75) is 19.3 Å². The number of hydrogen-bond acceptors (Lipinski definition) is 2. The van der Waals surface area contributed by atoms with Gasteiger partial charge < -0.3 is 4.52 Å². The molecule has 0 aliphatic heterocycles. The van der Waals surface area contributed by atoms with Gasteiger partial charge in [-0.1, -0.05) is 35.3 Å². The van der Waals surface area contributed by atoms with Crippen LogP contribution in [0, 0.1) is 17.8 Å². The maximum atomic E-state index is 5.89. The number of aromatic nitrogens is 1. The Balaban J connectivity index is 2.00. The van der Waals surface area contributed by atoms with E-state index in [1.807, 2.05) is 0 Å². The maximum Gasteiger partial charge on any atom is 0.163 e. The third kappa shape index (κ3) is 1.36. The molecule has 1 atom stereocenters. The number of rotatable bonds is 0. The molecule has 2 aromatic rings. The molecule has 2 aliphatic carbocycles. The number of hydrogen-bond donors (Lipinski definition) is 0. The van der Waals surface area contributed by atoms with E-state index in [0.717, 1.165) is 30.6 Å². The number of aryl methyl sites for hydroxylation is 1. The van der Waals surface area contributed by atoms with E-state index >= 15 is 0 Å². The van der Waals surface area contributed by atoms with Crippen LogP contribution < -0.4 is 0 Å². The van der Waals surface area contributed by atoms with Crippen molar-refractivity contribution in [2.75, 3.05) is 0 Å². The van der Waals surface area contributed by atoms with Crippen LogP contribution in [0.15, 0.2) is 35.0 Å². The highest BCUT2D eigenvalue weighted by Crippen LogP contribution is 2.50. The maximum absolute atomic E-state index is 5.89. The Morgan fingerprint density at radius 1 is 1.26 bits per heavy atom. The minimum Gasteiger partial charge on any atom is -0.357 e. The molecule has 0 saturated heterocycles. The predicted octanol–water partition coefficient (Wildman–Crippen LogP) is 3.34. The van der Waals surface area contributed by atoms with Gasteiger partial charge in [-0.3, -0.25) is 0 Å². The van der Waals surface area contributed by atoms with Gasteiger partial charge in [-0.2, -0.15) is 0 Å². The first-order valence-corrected chi connectivity index (χ1v) is 6.54. The number of allylic oxidation sites excluding steroid dienone is 1. The molecule has 1 heterocycles. The first kappa shape index (κ1) is 10.6. The van der Waals surface area contributed by atoms with Gasteiger partial charge in [0.05, 0.1) is 11.6 Å². The third-order valence-corrected chi connectivity index (χ3v) is 4.36. The second-order valence-electron chi connectivity index (χ2n) is 5.33. The lowest BCUT2D eigenvalue weighted by Crippen LogP contribution is -2.30. The zero-order valence-corrected chi connectivity index (χ0v) is 10.5. The Labute approximate surface area is 112 Å². The van der Waals surface area contributed by atoms with Crippen LogP contribution in [0.5, 0.6) is 0 Å². The molecule has 4 rings (SSSR count). The summed E-state index contributed by atoms with van der Waals surface area (Å²) < 4.78 is 5.31. The average molecular weight is 247 g/mol. The third-order valence-electron chi connectivity index (χ3n) is 4.36. The smallest absolute Gasteiger partial charge is 0.163 e. The van der Waals surface area contributed by atoms with Crippen LogP contribution in [-0.4, -0.2) is 5.16 Å². The van der Waals surface area contributed by atoms with Crippen LogP contribution in [0.4, 0.5) is 0 Å². The van der Waals surface area contributed by atoms with E-state index in [4.69, 9.17) is 10.9 Å². The van der Waals surface area contributed by atoms with Crippen molar-refractivity contribution in [2.24, 2.45) is 5.41 Å². The second-order valence-corrected chi connectivity index (χ2v) is 5.33. The lowest BCUT2D eigenvalue weighted by atomic mass is 9.63. The summed E-state index contributed by atoms with van der Waals surface area (Å²) >= 11 is 0. The molecule has 0 radical (unpaired) electrons. The van der Waals surface area contributed by atoms with E-state index < -0.39 is 0 Å². The summed E-state index contributed by atoms with van der Waals surface area (Å²) in [5.41, 5.74) is 4.81. The lowest BCUT2D eigenvalue weighted by molar-refractivity contribution is 0.404. The van der Waals surface area contributed by atoms with Crippen LogP contribution in [0.25, 0.3) is 11.6 Å². The van der Waals surface area contributed by atoms with Crippen molar-refractivity contribution in [1.82, 2.24) is 5.16 Å².